The SMILES string of the molecule is CC(C)C(=N)c1c(Nc2c(Cl)cc(Cl)cc2Cl)nc(Cc2ccc(OC(C)(C)C=O)cc2)[nH]c1=O. The van der Waals surface area contributed by atoms with Gasteiger partial charge >= 0.3 is 0 Å². The zero-order valence-corrected chi connectivity index (χ0v) is 21.9. The van der Waals surface area contributed by atoms with Crippen LogP contribution in [0.5, 0.6) is 5.75 Å². The van der Waals surface area contributed by atoms with Gasteiger partial charge in [-0.25, -0.2) is 4.98 Å². The highest BCUT2D eigenvalue weighted by molar-refractivity contribution is 6.41. The summed E-state index contributed by atoms with van der Waals surface area (Å²) in [4.78, 5) is 31.5. The van der Waals surface area contributed by atoms with Gasteiger partial charge < -0.3 is 20.4 Å². The molecule has 7 nitrogen and oxygen atoms in total. The number of nitrogens with one attached hydrogen (secondary N) is 3. The second-order valence-electron chi connectivity index (χ2n) is 8.82. The number of hydrogen-bond donors (Lipinski definition) is 3. The molecule has 0 aliphatic carbocycles. The van der Waals surface area contributed by atoms with Crippen LogP contribution in [0.4, 0.5) is 11.5 Å². The quantitative estimate of drug-likeness (QED) is 0.216. The number of ether oxygens (including phenoxy) is 1. The van der Waals surface area contributed by atoms with E-state index in [-0.39, 0.29) is 33.1 Å². The first-order valence-electron chi connectivity index (χ1n) is 10.8. The van der Waals surface area contributed by atoms with Crippen LogP contribution in [0.15, 0.2) is 41.2 Å². The number of H-pyrrole nitrogens is 1. The van der Waals surface area contributed by atoms with E-state index in [0.717, 1.165) is 11.8 Å². The lowest BCUT2D eigenvalue weighted by molar-refractivity contribution is -0.118. The summed E-state index contributed by atoms with van der Waals surface area (Å²) in [5.41, 5.74) is 0.0167. The fraction of sp³-hybridized carbons (Fsp3) is 0.280. The van der Waals surface area contributed by atoms with Gasteiger partial charge in [-0.3, -0.25) is 9.59 Å². The van der Waals surface area contributed by atoms with E-state index in [2.05, 4.69) is 15.3 Å². The smallest absolute Gasteiger partial charge is 0.262 e. The van der Waals surface area contributed by atoms with Crippen molar-refractivity contribution in [2.75, 3.05) is 5.32 Å². The Labute approximate surface area is 218 Å². The van der Waals surface area contributed by atoms with Crippen molar-refractivity contribution < 1.29 is 9.53 Å². The topological polar surface area (TPSA) is 108 Å². The van der Waals surface area contributed by atoms with Crippen LogP contribution >= 0.6 is 34.8 Å². The largest absolute Gasteiger partial charge is 0.480 e. The van der Waals surface area contributed by atoms with Crippen molar-refractivity contribution in [2.24, 2.45) is 5.92 Å². The van der Waals surface area contributed by atoms with Gasteiger partial charge in [0.25, 0.3) is 5.56 Å². The molecule has 2 aromatic carbocycles. The van der Waals surface area contributed by atoms with Crippen molar-refractivity contribution >= 4 is 58.3 Å². The number of aromatic nitrogens is 2. The van der Waals surface area contributed by atoms with E-state index < -0.39 is 11.2 Å². The number of halogens is 3. The molecule has 0 bridgehead atoms. The molecule has 3 aromatic rings. The average Bonchev–Trinajstić information content (AvgIpc) is 2.76. The van der Waals surface area contributed by atoms with E-state index in [4.69, 9.17) is 44.9 Å². The van der Waals surface area contributed by atoms with Crippen LogP contribution in [0.1, 0.15) is 44.6 Å². The fourth-order valence-electron chi connectivity index (χ4n) is 3.21. The van der Waals surface area contributed by atoms with E-state index in [1.165, 1.54) is 12.1 Å². The monoisotopic (exact) mass is 534 g/mol. The number of aldehydes is 1. The number of benzene rings is 2. The molecule has 1 heterocycles. The van der Waals surface area contributed by atoms with Crippen LogP contribution in [0.2, 0.25) is 15.1 Å². The molecule has 0 spiro atoms. The third kappa shape index (κ3) is 6.63. The van der Waals surface area contributed by atoms with Crippen LogP contribution in [0.25, 0.3) is 0 Å². The highest BCUT2D eigenvalue weighted by Crippen LogP contribution is 2.36. The van der Waals surface area contributed by atoms with E-state index in [0.29, 0.717) is 28.7 Å². The maximum Gasteiger partial charge on any atom is 0.262 e. The van der Waals surface area contributed by atoms with Crippen molar-refractivity contribution in [3.8, 4) is 5.75 Å². The lowest BCUT2D eigenvalue weighted by atomic mass is 10.0. The zero-order valence-electron chi connectivity index (χ0n) is 19.6. The maximum atomic E-state index is 13.0. The summed E-state index contributed by atoms with van der Waals surface area (Å²) in [6.07, 6.45) is 1.04. The summed E-state index contributed by atoms with van der Waals surface area (Å²) in [5.74, 6) is 0.869. The highest BCUT2D eigenvalue weighted by Gasteiger charge is 2.21. The number of hydrogen-bond acceptors (Lipinski definition) is 6. The second-order valence-corrected chi connectivity index (χ2v) is 10.1. The van der Waals surface area contributed by atoms with E-state index in [9.17, 15) is 9.59 Å². The Morgan fingerprint density at radius 1 is 1.17 bits per heavy atom. The van der Waals surface area contributed by atoms with Gasteiger partial charge in [0.15, 0.2) is 11.9 Å². The van der Waals surface area contributed by atoms with Gasteiger partial charge in [0.05, 0.1) is 21.4 Å². The van der Waals surface area contributed by atoms with Gasteiger partial charge in [-0.1, -0.05) is 60.8 Å². The number of aromatic amines is 1. The van der Waals surface area contributed by atoms with Crippen molar-refractivity contribution in [2.45, 2.75) is 39.7 Å². The molecule has 0 atom stereocenters. The molecule has 10 heteroatoms. The van der Waals surface area contributed by atoms with Crippen molar-refractivity contribution in [1.29, 1.82) is 5.41 Å². The molecule has 184 valence electrons. The molecule has 0 radical (unpaired) electrons. The number of nitrogens with zero attached hydrogens (tertiary/aromatic N) is 1. The summed E-state index contributed by atoms with van der Waals surface area (Å²) in [6, 6.07) is 10.2. The molecule has 0 aliphatic heterocycles. The predicted molar refractivity (Wildman–Crippen MR) is 141 cm³/mol. The molecule has 0 aliphatic rings. The summed E-state index contributed by atoms with van der Waals surface area (Å²) in [6.45, 7) is 6.98. The molecule has 3 rings (SSSR count). The van der Waals surface area contributed by atoms with Gasteiger partial charge in [-0.2, -0.15) is 0 Å². The van der Waals surface area contributed by atoms with Crippen LogP contribution in [0, 0.1) is 11.3 Å². The number of rotatable bonds is 9. The molecule has 0 amide bonds. The predicted octanol–water partition coefficient (Wildman–Crippen LogP) is 6.44. The zero-order chi connectivity index (χ0) is 25.9. The Hall–Kier alpha value is -2.87. The van der Waals surface area contributed by atoms with Crippen LogP contribution in [-0.4, -0.2) is 27.6 Å². The molecule has 0 saturated heterocycles. The minimum Gasteiger partial charge on any atom is -0.480 e. The fourth-order valence-corrected chi connectivity index (χ4v) is 4.12. The van der Waals surface area contributed by atoms with Gasteiger partial charge in [0, 0.05) is 11.4 Å². The maximum absolute atomic E-state index is 13.0. The molecule has 1 aromatic heterocycles. The minimum atomic E-state index is -0.935. The van der Waals surface area contributed by atoms with Crippen molar-refractivity contribution in [3.63, 3.8) is 0 Å². The Morgan fingerprint density at radius 2 is 1.77 bits per heavy atom. The average molecular weight is 536 g/mol. The number of carbonyl (C=O) groups is 1. The van der Waals surface area contributed by atoms with Crippen LogP contribution in [0.3, 0.4) is 0 Å². The molecular weight excluding hydrogens is 511 g/mol. The first kappa shape index (κ1) is 26.7. The Balaban J connectivity index is 1.99. The summed E-state index contributed by atoms with van der Waals surface area (Å²) in [5, 5.41) is 12.4. The van der Waals surface area contributed by atoms with Gasteiger partial charge in [-0.15, -0.1) is 0 Å². The van der Waals surface area contributed by atoms with Crippen LogP contribution in [-0.2, 0) is 11.2 Å². The Bertz CT molecular complexity index is 1300. The second kappa shape index (κ2) is 10.8. The van der Waals surface area contributed by atoms with Gasteiger partial charge in [-0.05, 0) is 49.6 Å². The molecule has 0 fully saturated rings. The van der Waals surface area contributed by atoms with Crippen molar-refractivity contribution in [3.05, 3.63) is 78.8 Å². The summed E-state index contributed by atoms with van der Waals surface area (Å²) in [7, 11) is 0. The first-order valence-corrected chi connectivity index (χ1v) is 11.9. The Morgan fingerprint density at radius 3 is 2.31 bits per heavy atom. The van der Waals surface area contributed by atoms with Gasteiger partial charge in [0.2, 0.25) is 0 Å². The standard InChI is InChI=1S/C25H25Cl3N4O3/c1-13(2)21(29)20-23(32-22-17(27)10-15(26)11-18(22)28)30-19(31-24(20)34)9-14-5-7-16(8-6-14)35-25(3,4)12-33/h5-8,10-13,29H,9H2,1-4H3,(H2,30,31,32,34). The van der Waals surface area contributed by atoms with E-state index in [1.807, 2.05) is 26.0 Å². The molecule has 0 unspecified atom stereocenters. The molecule has 0 saturated carbocycles. The lowest BCUT2D eigenvalue weighted by Crippen LogP contribution is -2.29. The van der Waals surface area contributed by atoms with E-state index in [1.54, 1.807) is 26.0 Å². The third-order valence-corrected chi connectivity index (χ3v) is 5.84. The minimum absolute atomic E-state index is 0.102. The van der Waals surface area contributed by atoms with Gasteiger partial charge in [0.1, 0.15) is 23.0 Å². The Kier molecular flexibility index (Phi) is 8.26. The number of anilines is 2. The summed E-state index contributed by atoms with van der Waals surface area (Å²) < 4.78 is 5.65. The third-order valence-electron chi connectivity index (χ3n) is 5.03. The summed E-state index contributed by atoms with van der Waals surface area (Å²) >= 11 is 18.7. The molecule has 3 N–H and O–H groups in total. The lowest BCUT2D eigenvalue weighted by Gasteiger charge is -2.19. The van der Waals surface area contributed by atoms with Crippen molar-refractivity contribution in [1.82, 2.24) is 9.97 Å². The highest BCUT2D eigenvalue weighted by atomic mass is 35.5. The number of carbonyl (C=O) groups excluding carboxylic acids is 1. The first-order chi connectivity index (χ1) is 16.4. The molecular formula is C25H25Cl3N4O3. The molecule has 35 heavy (non-hydrogen) atoms. The normalized spacial score (nSPS) is 11.4. The van der Waals surface area contributed by atoms with E-state index >= 15 is 0 Å². The van der Waals surface area contributed by atoms with Crippen LogP contribution < -0.4 is 15.6 Å².